The number of rotatable bonds is 8. The molecule has 0 aliphatic rings. The average molecular weight is 296 g/mol. The Balaban J connectivity index is 2.64. The molecule has 0 aromatic heterocycles. The molecule has 5 nitrogen and oxygen atoms in total. The van der Waals surface area contributed by atoms with Gasteiger partial charge in [0, 0.05) is 24.7 Å². The van der Waals surface area contributed by atoms with Crippen molar-refractivity contribution in [1.29, 1.82) is 0 Å². The van der Waals surface area contributed by atoms with Crippen LogP contribution in [0, 0.1) is 5.92 Å². The molecule has 120 valence electrons. The predicted molar refractivity (Wildman–Crippen MR) is 84.7 cm³/mol. The predicted octanol–water partition coefficient (Wildman–Crippen LogP) is 2.26. The summed E-state index contributed by atoms with van der Waals surface area (Å²) >= 11 is 0. The highest BCUT2D eigenvalue weighted by molar-refractivity contribution is 5.52. The van der Waals surface area contributed by atoms with E-state index in [0.717, 1.165) is 19.4 Å². The molecule has 21 heavy (non-hydrogen) atoms. The van der Waals surface area contributed by atoms with E-state index in [-0.39, 0.29) is 11.5 Å². The van der Waals surface area contributed by atoms with Gasteiger partial charge >= 0.3 is 0 Å². The van der Waals surface area contributed by atoms with E-state index in [0.29, 0.717) is 24.1 Å². The Morgan fingerprint density at radius 1 is 1.05 bits per heavy atom. The number of phenols is 3. The largest absolute Gasteiger partial charge is 0.504 e. The molecule has 0 bridgehead atoms. The van der Waals surface area contributed by atoms with E-state index in [1.807, 2.05) is 0 Å². The molecule has 5 heteroatoms. The van der Waals surface area contributed by atoms with Gasteiger partial charge in [-0.25, -0.2) is 0 Å². The Hall–Kier alpha value is -1.46. The van der Waals surface area contributed by atoms with Crippen LogP contribution in [-0.4, -0.2) is 46.9 Å². The molecule has 1 unspecified atom stereocenters. The summed E-state index contributed by atoms with van der Waals surface area (Å²) in [5, 5.41) is 31.9. The van der Waals surface area contributed by atoms with Gasteiger partial charge in [-0.1, -0.05) is 32.8 Å². The van der Waals surface area contributed by atoms with Gasteiger partial charge in [0.1, 0.15) is 0 Å². The number of benzene rings is 1. The first-order valence-corrected chi connectivity index (χ1v) is 7.52. The number of likely N-dealkylation sites (N-methyl/N-ethyl adjacent to an activating group) is 1. The van der Waals surface area contributed by atoms with Crippen LogP contribution in [0.1, 0.15) is 32.3 Å². The molecule has 1 rings (SSSR count). The van der Waals surface area contributed by atoms with Crippen LogP contribution in [0.25, 0.3) is 0 Å². The van der Waals surface area contributed by atoms with Gasteiger partial charge < -0.3 is 25.5 Å². The molecule has 0 heterocycles. The molecule has 0 radical (unpaired) electrons. The van der Waals surface area contributed by atoms with Crippen molar-refractivity contribution in [1.82, 2.24) is 10.2 Å². The maximum atomic E-state index is 9.79. The fourth-order valence-corrected chi connectivity index (χ4v) is 2.71. The SMILES string of the molecule is CCC(CC)C(CNCc1ccc(O)c(O)c1O)N(C)C. The van der Waals surface area contributed by atoms with Gasteiger partial charge in [-0.05, 0) is 26.1 Å². The topological polar surface area (TPSA) is 76.0 Å². The van der Waals surface area contributed by atoms with Crippen LogP contribution in [0.2, 0.25) is 0 Å². The summed E-state index contributed by atoms with van der Waals surface area (Å²) < 4.78 is 0. The van der Waals surface area contributed by atoms with Gasteiger partial charge in [0.15, 0.2) is 11.5 Å². The Labute approximate surface area is 127 Å². The smallest absolute Gasteiger partial charge is 0.200 e. The molecule has 0 amide bonds. The molecule has 1 atom stereocenters. The van der Waals surface area contributed by atoms with E-state index < -0.39 is 5.75 Å². The Morgan fingerprint density at radius 2 is 1.67 bits per heavy atom. The van der Waals surface area contributed by atoms with Crippen LogP contribution in [0.15, 0.2) is 12.1 Å². The van der Waals surface area contributed by atoms with Crippen molar-refractivity contribution in [2.24, 2.45) is 5.92 Å². The highest BCUT2D eigenvalue weighted by atomic mass is 16.3. The first-order chi connectivity index (χ1) is 9.92. The highest BCUT2D eigenvalue weighted by Crippen LogP contribution is 2.36. The molecular formula is C16H28N2O3. The van der Waals surface area contributed by atoms with Crippen molar-refractivity contribution in [3.8, 4) is 17.2 Å². The number of phenolic OH excluding ortho intramolecular Hbond substituents is 3. The van der Waals surface area contributed by atoms with E-state index in [2.05, 4.69) is 38.2 Å². The van der Waals surface area contributed by atoms with Crippen molar-refractivity contribution in [2.45, 2.75) is 39.3 Å². The summed E-state index contributed by atoms with van der Waals surface area (Å²) in [5.74, 6) is -0.404. The first kappa shape index (κ1) is 17.6. The van der Waals surface area contributed by atoms with Crippen LogP contribution in [0.3, 0.4) is 0 Å². The molecule has 1 aromatic rings. The molecular weight excluding hydrogens is 268 g/mol. The summed E-state index contributed by atoms with van der Waals surface area (Å²) in [6.07, 6.45) is 2.26. The maximum Gasteiger partial charge on any atom is 0.200 e. The maximum absolute atomic E-state index is 9.79. The normalized spacial score (nSPS) is 13.0. The van der Waals surface area contributed by atoms with Crippen LogP contribution in [-0.2, 0) is 6.54 Å². The molecule has 0 aliphatic heterocycles. The second kappa shape index (κ2) is 8.10. The van der Waals surface area contributed by atoms with Gasteiger partial charge in [-0.3, -0.25) is 0 Å². The van der Waals surface area contributed by atoms with Gasteiger partial charge in [0.05, 0.1) is 0 Å². The Bertz CT molecular complexity index is 445. The molecule has 0 fully saturated rings. The highest BCUT2D eigenvalue weighted by Gasteiger charge is 2.20. The van der Waals surface area contributed by atoms with Crippen molar-refractivity contribution in [3.63, 3.8) is 0 Å². The molecule has 1 aromatic carbocycles. The Morgan fingerprint density at radius 3 is 2.19 bits per heavy atom. The van der Waals surface area contributed by atoms with E-state index >= 15 is 0 Å². The quantitative estimate of drug-likeness (QED) is 0.554. The zero-order valence-corrected chi connectivity index (χ0v) is 13.4. The molecule has 0 aliphatic carbocycles. The molecule has 0 spiro atoms. The van der Waals surface area contributed by atoms with Crippen LogP contribution < -0.4 is 5.32 Å². The standard InChI is InChI=1S/C16H28N2O3/c1-5-11(6-2)13(18(3)4)10-17-9-12-7-8-14(19)16(21)15(12)20/h7-8,11,13,17,19-21H,5-6,9-10H2,1-4H3. The summed E-state index contributed by atoms with van der Waals surface area (Å²) in [6.45, 7) is 5.66. The van der Waals surface area contributed by atoms with Crippen molar-refractivity contribution in [2.75, 3.05) is 20.6 Å². The van der Waals surface area contributed by atoms with Crippen molar-refractivity contribution in [3.05, 3.63) is 17.7 Å². The second-order valence-corrected chi connectivity index (χ2v) is 5.68. The minimum atomic E-state index is -0.460. The Kier molecular flexibility index (Phi) is 6.78. The zero-order valence-electron chi connectivity index (χ0n) is 13.4. The van der Waals surface area contributed by atoms with E-state index in [4.69, 9.17) is 0 Å². The fourth-order valence-electron chi connectivity index (χ4n) is 2.71. The summed E-state index contributed by atoms with van der Waals surface area (Å²) in [6, 6.07) is 3.42. The molecule has 0 saturated carbocycles. The number of aromatic hydroxyl groups is 3. The monoisotopic (exact) mass is 296 g/mol. The van der Waals surface area contributed by atoms with Gasteiger partial charge in [-0.2, -0.15) is 0 Å². The second-order valence-electron chi connectivity index (χ2n) is 5.68. The van der Waals surface area contributed by atoms with E-state index in [1.165, 1.54) is 6.07 Å². The van der Waals surface area contributed by atoms with Crippen molar-refractivity contribution >= 4 is 0 Å². The minimum Gasteiger partial charge on any atom is -0.504 e. The first-order valence-electron chi connectivity index (χ1n) is 7.52. The lowest BCUT2D eigenvalue weighted by Crippen LogP contribution is -2.42. The van der Waals surface area contributed by atoms with Crippen molar-refractivity contribution < 1.29 is 15.3 Å². The number of hydrogen-bond donors (Lipinski definition) is 4. The van der Waals surface area contributed by atoms with Gasteiger partial charge in [0.25, 0.3) is 0 Å². The molecule has 0 saturated heterocycles. The summed E-state index contributed by atoms with van der Waals surface area (Å²) in [5.41, 5.74) is 0.576. The number of hydrogen-bond acceptors (Lipinski definition) is 5. The van der Waals surface area contributed by atoms with Gasteiger partial charge in [-0.15, -0.1) is 0 Å². The van der Waals surface area contributed by atoms with Gasteiger partial charge in [0.2, 0.25) is 5.75 Å². The number of nitrogens with one attached hydrogen (secondary N) is 1. The third kappa shape index (κ3) is 4.51. The summed E-state index contributed by atoms with van der Waals surface area (Å²) in [4.78, 5) is 2.22. The van der Waals surface area contributed by atoms with Crippen LogP contribution >= 0.6 is 0 Å². The lowest BCUT2D eigenvalue weighted by molar-refractivity contribution is 0.193. The summed E-state index contributed by atoms with van der Waals surface area (Å²) in [7, 11) is 4.16. The fraction of sp³-hybridized carbons (Fsp3) is 0.625. The lowest BCUT2D eigenvalue weighted by atomic mass is 9.93. The van der Waals surface area contributed by atoms with E-state index in [9.17, 15) is 15.3 Å². The minimum absolute atomic E-state index is 0.258. The zero-order chi connectivity index (χ0) is 16.0. The lowest BCUT2D eigenvalue weighted by Gasteiger charge is -2.31. The third-order valence-corrected chi connectivity index (χ3v) is 4.14. The molecule has 4 N–H and O–H groups in total. The number of nitrogens with zero attached hydrogens (tertiary/aromatic N) is 1. The third-order valence-electron chi connectivity index (χ3n) is 4.14. The average Bonchev–Trinajstić information content (AvgIpc) is 2.46. The van der Waals surface area contributed by atoms with E-state index in [1.54, 1.807) is 6.07 Å². The van der Waals surface area contributed by atoms with Crippen LogP contribution in [0.4, 0.5) is 0 Å². The van der Waals surface area contributed by atoms with Crippen LogP contribution in [0.5, 0.6) is 17.2 Å².